The monoisotopic (exact) mass is 328 g/mol. The lowest BCUT2D eigenvalue weighted by atomic mass is 10.0. The third-order valence-electron chi connectivity index (χ3n) is 4.93. The number of rotatable bonds is 2. The van der Waals surface area contributed by atoms with Crippen molar-refractivity contribution in [3.05, 3.63) is 45.7 Å². The molecule has 1 atom stereocenters. The molecule has 5 nitrogen and oxygen atoms in total. The molecule has 2 aromatic heterocycles. The van der Waals surface area contributed by atoms with Crippen LogP contribution in [-0.4, -0.2) is 44.8 Å². The highest BCUT2D eigenvalue weighted by atomic mass is 32.1. The van der Waals surface area contributed by atoms with Gasteiger partial charge in [0.1, 0.15) is 6.33 Å². The summed E-state index contributed by atoms with van der Waals surface area (Å²) in [5.74, 6) is 0.236. The van der Waals surface area contributed by atoms with Crippen molar-refractivity contribution < 1.29 is 4.79 Å². The number of amides is 1. The van der Waals surface area contributed by atoms with E-state index in [9.17, 15) is 4.79 Å². The maximum atomic E-state index is 12.9. The van der Waals surface area contributed by atoms with E-state index in [1.165, 1.54) is 16.0 Å². The standard InChI is InChI=1S/C17H20N4OS/c1-12(20-5-2-13-8-18-11-19-15(13)10-20)17(22)21-6-3-16-14(9-21)4-7-23-16/h4,7-8,11-12H,2-3,5-6,9-10H2,1H3. The lowest BCUT2D eigenvalue weighted by molar-refractivity contribution is -0.137. The smallest absolute Gasteiger partial charge is 0.239 e. The molecule has 23 heavy (non-hydrogen) atoms. The minimum absolute atomic E-state index is 0.0988. The third kappa shape index (κ3) is 2.77. The van der Waals surface area contributed by atoms with Crippen molar-refractivity contribution in [3.63, 3.8) is 0 Å². The quantitative estimate of drug-likeness (QED) is 0.844. The fourth-order valence-corrected chi connectivity index (χ4v) is 4.35. The van der Waals surface area contributed by atoms with Crippen molar-refractivity contribution in [2.24, 2.45) is 0 Å². The minimum Gasteiger partial charge on any atom is -0.337 e. The highest BCUT2D eigenvalue weighted by molar-refractivity contribution is 7.10. The summed E-state index contributed by atoms with van der Waals surface area (Å²) in [6, 6.07) is 2.05. The van der Waals surface area contributed by atoms with Gasteiger partial charge in [-0.1, -0.05) is 0 Å². The molecule has 0 aromatic carbocycles. The Hall–Kier alpha value is -1.79. The second-order valence-electron chi connectivity index (χ2n) is 6.27. The van der Waals surface area contributed by atoms with Crippen LogP contribution in [0.3, 0.4) is 0 Å². The molecule has 2 aliphatic rings. The van der Waals surface area contributed by atoms with Gasteiger partial charge in [-0.15, -0.1) is 11.3 Å². The summed E-state index contributed by atoms with van der Waals surface area (Å²) in [5, 5.41) is 2.13. The lowest BCUT2D eigenvalue weighted by Gasteiger charge is -2.36. The summed E-state index contributed by atoms with van der Waals surface area (Å²) in [5.41, 5.74) is 3.59. The highest BCUT2D eigenvalue weighted by Crippen LogP contribution is 2.25. The van der Waals surface area contributed by atoms with Crippen molar-refractivity contribution in [1.29, 1.82) is 0 Å². The molecule has 0 N–H and O–H groups in total. The van der Waals surface area contributed by atoms with Crippen LogP contribution in [0.2, 0.25) is 0 Å². The highest BCUT2D eigenvalue weighted by Gasteiger charge is 2.30. The van der Waals surface area contributed by atoms with Gasteiger partial charge in [0.25, 0.3) is 0 Å². The fraction of sp³-hybridized carbons (Fsp3) is 0.471. The van der Waals surface area contributed by atoms with Crippen LogP contribution in [0.5, 0.6) is 0 Å². The van der Waals surface area contributed by atoms with Gasteiger partial charge in [0.15, 0.2) is 0 Å². The van der Waals surface area contributed by atoms with E-state index in [2.05, 4.69) is 26.3 Å². The number of aromatic nitrogens is 2. The first-order valence-corrected chi connectivity index (χ1v) is 8.96. The molecule has 2 aromatic rings. The topological polar surface area (TPSA) is 49.3 Å². The number of fused-ring (bicyclic) bond motifs is 2. The summed E-state index contributed by atoms with van der Waals surface area (Å²) in [7, 11) is 0. The van der Waals surface area contributed by atoms with Crippen molar-refractivity contribution >= 4 is 17.2 Å². The third-order valence-corrected chi connectivity index (χ3v) is 5.95. The molecule has 0 fully saturated rings. The summed E-state index contributed by atoms with van der Waals surface area (Å²) < 4.78 is 0. The molecule has 4 heterocycles. The Balaban J connectivity index is 1.45. The van der Waals surface area contributed by atoms with E-state index < -0.39 is 0 Å². The van der Waals surface area contributed by atoms with E-state index in [1.54, 1.807) is 17.7 Å². The van der Waals surface area contributed by atoms with Gasteiger partial charge >= 0.3 is 0 Å². The summed E-state index contributed by atoms with van der Waals surface area (Å²) >= 11 is 1.81. The van der Waals surface area contributed by atoms with Crippen molar-refractivity contribution in [1.82, 2.24) is 19.8 Å². The van der Waals surface area contributed by atoms with Crippen LogP contribution in [0.4, 0.5) is 0 Å². The molecule has 0 radical (unpaired) electrons. The zero-order valence-electron chi connectivity index (χ0n) is 13.2. The van der Waals surface area contributed by atoms with Crippen LogP contribution in [0.15, 0.2) is 24.0 Å². The SMILES string of the molecule is CC(C(=O)N1CCc2sccc2C1)N1CCc2cncnc2C1. The molecule has 0 saturated heterocycles. The molecule has 1 unspecified atom stereocenters. The maximum absolute atomic E-state index is 12.9. The van der Waals surface area contributed by atoms with Crippen molar-refractivity contribution in [2.75, 3.05) is 13.1 Å². The molecule has 6 heteroatoms. The summed E-state index contributed by atoms with van der Waals surface area (Å²) in [4.78, 5) is 27.0. The van der Waals surface area contributed by atoms with Crippen molar-refractivity contribution in [3.8, 4) is 0 Å². The zero-order chi connectivity index (χ0) is 15.8. The van der Waals surface area contributed by atoms with Gasteiger partial charge in [0, 0.05) is 37.3 Å². The Kier molecular flexibility index (Phi) is 3.87. The fourth-order valence-electron chi connectivity index (χ4n) is 3.46. The van der Waals surface area contributed by atoms with Gasteiger partial charge in [-0.05, 0) is 42.3 Å². The summed E-state index contributed by atoms with van der Waals surface area (Å²) in [6.07, 6.45) is 5.40. The molecule has 1 amide bonds. The molecular weight excluding hydrogens is 308 g/mol. The van der Waals surface area contributed by atoms with Gasteiger partial charge in [-0.2, -0.15) is 0 Å². The first kappa shape index (κ1) is 14.8. The van der Waals surface area contributed by atoms with Crippen LogP contribution in [0, 0.1) is 0 Å². The van der Waals surface area contributed by atoms with Gasteiger partial charge in [-0.25, -0.2) is 9.97 Å². The largest absolute Gasteiger partial charge is 0.337 e. The average molecular weight is 328 g/mol. The second-order valence-corrected chi connectivity index (χ2v) is 7.27. The van der Waals surface area contributed by atoms with Crippen molar-refractivity contribution in [2.45, 2.75) is 38.9 Å². The van der Waals surface area contributed by atoms with E-state index in [-0.39, 0.29) is 11.9 Å². The molecule has 0 bridgehead atoms. The van der Waals surface area contributed by atoms with E-state index in [1.807, 2.05) is 18.0 Å². The predicted molar refractivity (Wildman–Crippen MR) is 89.0 cm³/mol. The Bertz CT molecular complexity index is 729. The van der Waals surface area contributed by atoms with Crippen LogP contribution >= 0.6 is 11.3 Å². The molecule has 120 valence electrons. The van der Waals surface area contributed by atoms with E-state index in [4.69, 9.17) is 0 Å². The van der Waals surface area contributed by atoms with Crippen LogP contribution in [0.25, 0.3) is 0 Å². The number of hydrogen-bond donors (Lipinski definition) is 0. The first-order valence-electron chi connectivity index (χ1n) is 8.08. The van der Waals surface area contributed by atoms with Crippen LogP contribution in [-0.2, 0) is 30.7 Å². The molecule has 4 rings (SSSR count). The molecule has 0 spiro atoms. The number of hydrogen-bond acceptors (Lipinski definition) is 5. The predicted octanol–water partition coefficient (Wildman–Crippen LogP) is 1.87. The van der Waals surface area contributed by atoms with Crippen LogP contribution in [0.1, 0.15) is 28.6 Å². The Labute approximate surface area is 140 Å². The first-order chi connectivity index (χ1) is 11.2. The molecule has 0 aliphatic carbocycles. The van der Waals surface area contributed by atoms with Gasteiger partial charge in [-0.3, -0.25) is 9.69 Å². The van der Waals surface area contributed by atoms with E-state index in [0.717, 1.165) is 44.7 Å². The Morgan fingerprint density at radius 2 is 2.17 bits per heavy atom. The van der Waals surface area contributed by atoms with E-state index >= 15 is 0 Å². The Morgan fingerprint density at radius 1 is 1.26 bits per heavy atom. The maximum Gasteiger partial charge on any atom is 0.239 e. The number of carbonyl (C=O) groups is 1. The molecule has 2 aliphatic heterocycles. The van der Waals surface area contributed by atoms with Gasteiger partial charge < -0.3 is 4.90 Å². The van der Waals surface area contributed by atoms with Gasteiger partial charge in [0.05, 0.1) is 11.7 Å². The van der Waals surface area contributed by atoms with Crippen LogP contribution < -0.4 is 0 Å². The minimum atomic E-state index is -0.0988. The number of nitrogens with zero attached hydrogens (tertiary/aromatic N) is 4. The zero-order valence-corrected chi connectivity index (χ0v) is 14.1. The lowest BCUT2D eigenvalue weighted by Crippen LogP contribution is -2.49. The number of thiophene rings is 1. The molecular formula is C17H20N4OS. The van der Waals surface area contributed by atoms with Gasteiger partial charge in [0.2, 0.25) is 5.91 Å². The Morgan fingerprint density at radius 3 is 3.09 bits per heavy atom. The number of carbonyl (C=O) groups excluding carboxylic acids is 1. The second kappa shape index (κ2) is 6.02. The summed E-state index contributed by atoms with van der Waals surface area (Å²) in [6.45, 7) is 5.25. The molecule has 0 saturated carbocycles. The average Bonchev–Trinajstić information content (AvgIpc) is 3.07. The van der Waals surface area contributed by atoms with E-state index in [0.29, 0.717) is 0 Å². The normalized spacial score (nSPS) is 19.1.